The smallest absolute Gasteiger partial charge is 0.128 e. The first-order valence-electron chi connectivity index (χ1n) is 3.70. The summed E-state index contributed by atoms with van der Waals surface area (Å²) in [5, 5.41) is 18.4. The van der Waals surface area contributed by atoms with Crippen LogP contribution in [0.5, 0.6) is 11.5 Å². The largest absolute Gasteiger partial charge is 0.508 e. The molecule has 0 radical (unpaired) electrons. The van der Waals surface area contributed by atoms with Crippen LogP contribution in [-0.4, -0.2) is 17.3 Å². The summed E-state index contributed by atoms with van der Waals surface area (Å²) < 4.78 is 4.97. The maximum absolute atomic E-state index is 9.26. The molecule has 0 aliphatic rings. The van der Waals surface area contributed by atoms with Gasteiger partial charge in [0, 0.05) is 11.6 Å². The summed E-state index contributed by atoms with van der Waals surface area (Å²) in [5.74, 6) is 0.640. The molecule has 0 heterocycles. The number of ether oxygens (including phenoxy) is 1. The molecule has 0 aliphatic heterocycles. The van der Waals surface area contributed by atoms with Crippen molar-refractivity contribution < 1.29 is 14.9 Å². The number of hydrogen-bond donors (Lipinski definition) is 2. The molecule has 0 unspecified atom stereocenters. The second-order valence-corrected chi connectivity index (χ2v) is 2.60. The van der Waals surface area contributed by atoms with Crippen molar-refractivity contribution in [2.45, 2.75) is 13.0 Å². The van der Waals surface area contributed by atoms with E-state index < -0.39 is 6.10 Å². The third kappa shape index (κ3) is 1.68. The summed E-state index contributed by atoms with van der Waals surface area (Å²) in [5.41, 5.74) is 0.676. The van der Waals surface area contributed by atoms with Gasteiger partial charge in [-0.25, -0.2) is 0 Å². The normalized spacial score (nSPS) is 12.6. The lowest BCUT2D eigenvalue weighted by Crippen LogP contribution is -1.95. The van der Waals surface area contributed by atoms with Gasteiger partial charge in [0.2, 0.25) is 0 Å². The quantitative estimate of drug-likeness (QED) is 0.702. The maximum Gasteiger partial charge on any atom is 0.128 e. The molecule has 2 N–H and O–H groups in total. The molecule has 0 saturated heterocycles. The van der Waals surface area contributed by atoms with E-state index in [-0.39, 0.29) is 5.75 Å². The van der Waals surface area contributed by atoms with E-state index in [1.54, 1.807) is 13.0 Å². The number of phenolic OH excluding ortho intramolecular Hbond substituents is 1. The predicted molar refractivity (Wildman–Crippen MR) is 45.3 cm³/mol. The third-order valence-electron chi connectivity index (χ3n) is 1.67. The minimum Gasteiger partial charge on any atom is -0.508 e. The number of aliphatic hydroxyl groups excluding tert-OH is 1. The zero-order chi connectivity index (χ0) is 9.14. The van der Waals surface area contributed by atoms with Gasteiger partial charge >= 0.3 is 0 Å². The molecule has 0 bridgehead atoms. The van der Waals surface area contributed by atoms with Crippen LogP contribution in [0.4, 0.5) is 0 Å². The number of benzene rings is 1. The predicted octanol–water partition coefficient (Wildman–Crippen LogP) is 1.45. The molecule has 3 heteroatoms. The second-order valence-electron chi connectivity index (χ2n) is 2.60. The highest BCUT2D eigenvalue weighted by Gasteiger charge is 2.08. The highest BCUT2D eigenvalue weighted by molar-refractivity contribution is 5.40. The molecule has 0 fully saturated rings. The first kappa shape index (κ1) is 8.87. The van der Waals surface area contributed by atoms with Crippen LogP contribution >= 0.6 is 0 Å². The van der Waals surface area contributed by atoms with Crippen LogP contribution in [0.2, 0.25) is 0 Å². The van der Waals surface area contributed by atoms with Gasteiger partial charge < -0.3 is 14.9 Å². The van der Waals surface area contributed by atoms with Gasteiger partial charge in [-0.15, -0.1) is 0 Å². The van der Waals surface area contributed by atoms with Gasteiger partial charge in [0.15, 0.2) is 0 Å². The van der Waals surface area contributed by atoms with Crippen molar-refractivity contribution in [3.8, 4) is 11.5 Å². The Balaban J connectivity index is 3.11. The molecular weight excluding hydrogens is 156 g/mol. The lowest BCUT2D eigenvalue weighted by atomic mass is 10.1. The van der Waals surface area contributed by atoms with Crippen LogP contribution < -0.4 is 4.74 Å². The Morgan fingerprint density at radius 3 is 2.58 bits per heavy atom. The van der Waals surface area contributed by atoms with Crippen LogP contribution in [0.15, 0.2) is 18.2 Å². The van der Waals surface area contributed by atoms with Crippen LogP contribution in [0, 0.1) is 0 Å². The SMILES string of the molecule is COc1cc(O)ccc1[C@@H](C)O. The second kappa shape index (κ2) is 3.45. The van der Waals surface area contributed by atoms with E-state index in [1.807, 2.05) is 0 Å². The molecule has 66 valence electrons. The fourth-order valence-electron chi connectivity index (χ4n) is 1.04. The number of hydrogen-bond acceptors (Lipinski definition) is 3. The number of rotatable bonds is 2. The standard InChI is InChI=1S/C9H12O3/c1-6(10)8-4-3-7(11)5-9(8)12-2/h3-6,10-11H,1-2H3/t6-/m1/s1. The van der Waals surface area contributed by atoms with Crippen LogP contribution in [-0.2, 0) is 0 Å². The van der Waals surface area contributed by atoms with E-state index >= 15 is 0 Å². The summed E-state index contributed by atoms with van der Waals surface area (Å²) in [6, 6.07) is 4.63. The van der Waals surface area contributed by atoms with Gasteiger partial charge in [0.25, 0.3) is 0 Å². The molecule has 1 rings (SSSR count). The lowest BCUT2D eigenvalue weighted by molar-refractivity contribution is 0.194. The minimum atomic E-state index is -0.583. The number of aromatic hydroxyl groups is 1. The zero-order valence-corrected chi connectivity index (χ0v) is 7.11. The first-order valence-corrected chi connectivity index (χ1v) is 3.70. The summed E-state index contributed by atoms with van der Waals surface area (Å²) in [6.45, 7) is 1.65. The van der Waals surface area contributed by atoms with Crippen molar-refractivity contribution in [3.05, 3.63) is 23.8 Å². The highest BCUT2D eigenvalue weighted by atomic mass is 16.5. The van der Waals surface area contributed by atoms with Gasteiger partial charge in [-0.3, -0.25) is 0 Å². The summed E-state index contributed by atoms with van der Waals surface area (Å²) in [7, 11) is 1.50. The third-order valence-corrected chi connectivity index (χ3v) is 1.67. The summed E-state index contributed by atoms with van der Waals surface area (Å²) in [6.07, 6.45) is -0.583. The molecule has 0 aliphatic carbocycles. The number of aliphatic hydroxyl groups is 1. The van der Waals surface area contributed by atoms with Crippen molar-refractivity contribution in [2.24, 2.45) is 0 Å². The van der Waals surface area contributed by atoms with Gasteiger partial charge in [-0.05, 0) is 19.1 Å². The Morgan fingerprint density at radius 1 is 1.42 bits per heavy atom. The lowest BCUT2D eigenvalue weighted by Gasteiger charge is -2.10. The van der Waals surface area contributed by atoms with Crippen LogP contribution in [0.25, 0.3) is 0 Å². The average molecular weight is 168 g/mol. The first-order chi connectivity index (χ1) is 5.65. The topological polar surface area (TPSA) is 49.7 Å². The van der Waals surface area contributed by atoms with E-state index in [4.69, 9.17) is 9.84 Å². The van der Waals surface area contributed by atoms with Crippen molar-refractivity contribution in [3.63, 3.8) is 0 Å². The Labute approximate surface area is 71.2 Å². The monoisotopic (exact) mass is 168 g/mol. The molecule has 0 amide bonds. The molecule has 0 saturated carbocycles. The van der Waals surface area contributed by atoms with Gasteiger partial charge in [-0.2, -0.15) is 0 Å². The van der Waals surface area contributed by atoms with Gasteiger partial charge in [0.1, 0.15) is 11.5 Å². The maximum atomic E-state index is 9.26. The molecule has 12 heavy (non-hydrogen) atoms. The molecule has 3 nitrogen and oxygen atoms in total. The van der Waals surface area contributed by atoms with Gasteiger partial charge in [0.05, 0.1) is 13.2 Å². The Kier molecular flexibility index (Phi) is 2.55. The molecule has 0 spiro atoms. The summed E-state index contributed by atoms with van der Waals surface area (Å²) in [4.78, 5) is 0. The Bertz CT molecular complexity index is 268. The fraction of sp³-hybridized carbons (Fsp3) is 0.333. The molecule has 1 atom stereocenters. The molecule has 1 aromatic carbocycles. The number of phenols is 1. The van der Waals surface area contributed by atoms with Crippen LogP contribution in [0.3, 0.4) is 0 Å². The molecular formula is C9H12O3. The highest BCUT2D eigenvalue weighted by Crippen LogP contribution is 2.28. The van der Waals surface area contributed by atoms with Crippen molar-refractivity contribution in [2.75, 3.05) is 7.11 Å². The van der Waals surface area contributed by atoms with E-state index in [0.717, 1.165) is 0 Å². The Hall–Kier alpha value is -1.22. The summed E-state index contributed by atoms with van der Waals surface area (Å²) >= 11 is 0. The molecule has 0 aromatic heterocycles. The van der Waals surface area contributed by atoms with E-state index in [0.29, 0.717) is 11.3 Å². The fourth-order valence-corrected chi connectivity index (χ4v) is 1.04. The molecule has 1 aromatic rings. The number of methoxy groups -OCH3 is 1. The van der Waals surface area contributed by atoms with E-state index in [9.17, 15) is 5.11 Å². The van der Waals surface area contributed by atoms with Gasteiger partial charge in [-0.1, -0.05) is 0 Å². The van der Waals surface area contributed by atoms with Crippen molar-refractivity contribution >= 4 is 0 Å². The van der Waals surface area contributed by atoms with Crippen molar-refractivity contribution in [1.82, 2.24) is 0 Å². The van der Waals surface area contributed by atoms with Crippen molar-refractivity contribution in [1.29, 1.82) is 0 Å². The van der Waals surface area contributed by atoms with E-state index in [1.165, 1.54) is 19.2 Å². The Morgan fingerprint density at radius 2 is 2.08 bits per heavy atom. The van der Waals surface area contributed by atoms with Crippen LogP contribution in [0.1, 0.15) is 18.6 Å². The minimum absolute atomic E-state index is 0.135. The van der Waals surface area contributed by atoms with E-state index in [2.05, 4.69) is 0 Å². The zero-order valence-electron chi connectivity index (χ0n) is 7.11. The average Bonchev–Trinajstić information content (AvgIpc) is 2.03.